The third-order valence-electron chi connectivity index (χ3n) is 5.68. The van der Waals surface area contributed by atoms with E-state index in [1.54, 1.807) is 32.4 Å². The number of ether oxygens (including phenoxy) is 3. The molecule has 1 heterocycles. The van der Waals surface area contributed by atoms with Crippen molar-refractivity contribution in [3.05, 3.63) is 82.4 Å². The van der Waals surface area contributed by atoms with Crippen LogP contribution in [0.4, 0.5) is 0 Å². The molecule has 2 atom stereocenters. The molecule has 0 unspecified atom stereocenters. The molecule has 0 aromatic heterocycles. The number of ketones is 1. The highest BCUT2D eigenvalue weighted by Gasteiger charge is 2.42. The van der Waals surface area contributed by atoms with Crippen LogP contribution in [0.15, 0.2) is 71.3 Å². The van der Waals surface area contributed by atoms with Crippen LogP contribution in [-0.2, 0) is 9.53 Å². The normalized spacial score (nSPS) is 20.9. The van der Waals surface area contributed by atoms with Gasteiger partial charge in [0.1, 0.15) is 28.9 Å². The summed E-state index contributed by atoms with van der Waals surface area (Å²) in [5.74, 6) is 0.975. The van der Waals surface area contributed by atoms with Crippen LogP contribution < -0.4 is 15.2 Å². The van der Waals surface area contributed by atoms with Crippen molar-refractivity contribution >= 4 is 5.78 Å². The van der Waals surface area contributed by atoms with Crippen LogP contribution in [0.1, 0.15) is 35.8 Å². The molecule has 2 aromatic carbocycles. The number of nitriles is 1. The predicted octanol–water partition coefficient (Wildman–Crippen LogP) is 3.91. The molecule has 0 saturated heterocycles. The first-order valence-electron chi connectivity index (χ1n) is 9.68. The van der Waals surface area contributed by atoms with E-state index in [1.807, 2.05) is 30.3 Å². The van der Waals surface area contributed by atoms with Crippen LogP contribution in [0, 0.1) is 11.3 Å². The number of methoxy groups -OCH3 is 2. The maximum atomic E-state index is 13.3. The van der Waals surface area contributed by atoms with Crippen molar-refractivity contribution in [1.82, 2.24) is 0 Å². The van der Waals surface area contributed by atoms with Crippen molar-refractivity contribution in [3.63, 3.8) is 0 Å². The first kappa shape index (κ1) is 19.6. The Morgan fingerprint density at radius 3 is 2.53 bits per heavy atom. The van der Waals surface area contributed by atoms with Gasteiger partial charge in [-0.25, -0.2) is 0 Å². The summed E-state index contributed by atoms with van der Waals surface area (Å²) in [7, 11) is 3.11. The summed E-state index contributed by atoms with van der Waals surface area (Å²) >= 11 is 0. The Labute approximate surface area is 175 Å². The number of carbonyl (C=O) groups excluding carboxylic acids is 1. The highest BCUT2D eigenvalue weighted by molar-refractivity contribution is 6.00. The molecule has 2 aliphatic rings. The third-order valence-corrected chi connectivity index (χ3v) is 5.68. The van der Waals surface area contributed by atoms with Gasteiger partial charge in [-0.15, -0.1) is 0 Å². The summed E-state index contributed by atoms with van der Waals surface area (Å²) in [6, 6.07) is 17.3. The number of benzene rings is 2. The summed E-state index contributed by atoms with van der Waals surface area (Å²) in [6.45, 7) is 0. The van der Waals surface area contributed by atoms with Crippen molar-refractivity contribution in [2.75, 3.05) is 14.2 Å². The lowest BCUT2D eigenvalue weighted by Crippen LogP contribution is -2.30. The molecule has 2 aromatic rings. The largest absolute Gasteiger partial charge is 0.497 e. The first-order valence-corrected chi connectivity index (χ1v) is 9.68. The second-order valence-corrected chi connectivity index (χ2v) is 7.31. The first-order chi connectivity index (χ1) is 14.6. The molecule has 2 N–H and O–H groups in total. The monoisotopic (exact) mass is 402 g/mol. The Bertz CT molecular complexity index is 1100. The number of carbonyl (C=O) groups is 1. The minimum Gasteiger partial charge on any atom is -0.497 e. The third kappa shape index (κ3) is 3.29. The van der Waals surface area contributed by atoms with Gasteiger partial charge in [-0.3, -0.25) is 4.79 Å². The molecule has 0 radical (unpaired) electrons. The van der Waals surface area contributed by atoms with Gasteiger partial charge < -0.3 is 19.9 Å². The summed E-state index contributed by atoms with van der Waals surface area (Å²) in [4.78, 5) is 13.3. The Balaban J connectivity index is 1.85. The van der Waals surface area contributed by atoms with Gasteiger partial charge in [-0.1, -0.05) is 30.3 Å². The minimum absolute atomic E-state index is 0.00161. The van der Waals surface area contributed by atoms with Crippen LogP contribution >= 0.6 is 0 Å². The quantitative estimate of drug-likeness (QED) is 0.833. The van der Waals surface area contributed by atoms with Crippen molar-refractivity contribution < 1.29 is 19.0 Å². The number of hydrogen-bond acceptors (Lipinski definition) is 6. The van der Waals surface area contributed by atoms with Crippen LogP contribution in [0.2, 0.25) is 0 Å². The molecule has 6 nitrogen and oxygen atoms in total. The van der Waals surface area contributed by atoms with Crippen molar-refractivity contribution in [2.45, 2.75) is 24.7 Å². The lowest BCUT2D eigenvalue weighted by atomic mass is 9.73. The lowest BCUT2D eigenvalue weighted by molar-refractivity contribution is -0.117. The average Bonchev–Trinajstić information content (AvgIpc) is 2.78. The van der Waals surface area contributed by atoms with E-state index in [0.717, 1.165) is 5.56 Å². The Hall–Kier alpha value is -3.72. The molecule has 0 bridgehead atoms. The van der Waals surface area contributed by atoms with Crippen molar-refractivity contribution in [1.29, 1.82) is 5.26 Å². The molecule has 30 heavy (non-hydrogen) atoms. The van der Waals surface area contributed by atoms with E-state index in [0.29, 0.717) is 41.2 Å². The topological polar surface area (TPSA) is 94.6 Å². The molecule has 0 amide bonds. The van der Waals surface area contributed by atoms with Gasteiger partial charge in [0.2, 0.25) is 5.88 Å². The number of rotatable bonds is 4. The van der Waals surface area contributed by atoms with Crippen LogP contribution in [-0.4, -0.2) is 20.0 Å². The molecule has 6 heteroatoms. The second kappa shape index (κ2) is 7.96. The molecular formula is C24H22N2O4. The van der Waals surface area contributed by atoms with Gasteiger partial charge in [0.25, 0.3) is 0 Å². The van der Waals surface area contributed by atoms with Gasteiger partial charge in [-0.2, -0.15) is 5.26 Å². The van der Waals surface area contributed by atoms with Gasteiger partial charge in [0.15, 0.2) is 5.78 Å². The summed E-state index contributed by atoms with van der Waals surface area (Å²) in [5, 5.41) is 9.82. The standard InChI is InChI=1S/C24H22N2O4/c1-28-16-8-9-20(29-2)17(12-16)22-18(13-25)24(26)30-21-11-15(10-19(27)23(21)22)14-6-4-3-5-7-14/h3-9,12,15,22H,10-11,26H2,1-2H3/t15-,22-/m0/s1. The van der Waals surface area contributed by atoms with Gasteiger partial charge in [-0.05, 0) is 29.7 Å². The van der Waals surface area contributed by atoms with E-state index in [2.05, 4.69) is 6.07 Å². The smallest absolute Gasteiger partial charge is 0.205 e. The maximum Gasteiger partial charge on any atom is 0.205 e. The zero-order chi connectivity index (χ0) is 21.3. The van der Waals surface area contributed by atoms with Gasteiger partial charge in [0, 0.05) is 24.0 Å². The Morgan fingerprint density at radius 1 is 1.10 bits per heavy atom. The van der Waals surface area contributed by atoms with E-state index < -0.39 is 5.92 Å². The number of hydrogen-bond donors (Lipinski definition) is 1. The molecule has 1 aliphatic carbocycles. The fraction of sp³-hybridized carbons (Fsp3) is 0.250. The zero-order valence-electron chi connectivity index (χ0n) is 16.8. The number of Topliss-reactive ketones (excluding diaryl/α,β-unsaturated/α-hetero) is 1. The highest BCUT2D eigenvalue weighted by atomic mass is 16.5. The number of nitrogens with zero attached hydrogens (tertiary/aromatic N) is 1. The molecule has 0 fully saturated rings. The summed E-state index contributed by atoms with van der Waals surface area (Å²) < 4.78 is 16.7. The number of nitrogens with two attached hydrogens (primary N) is 1. The lowest BCUT2D eigenvalue weighted by Gasteiger charge is -2.34. The Morgan fingerprint density at radius 2 is 1.87 bits per heavy atom. The Kier molecular flexibility index (Phi) is 5.20. The molecule has 1 aliphatic heterocycles. The zero-order valence-corrected chi connectivity index (χ0v) is 16.8. The van der Waals surface area contributed by atoms with E-state index in [9.17, 15) is 10.1 Å². The van der Waals surface area contributed by atoms with Crippen LogP contribution in [0.3, 0.4) is 0 Å². The van der Waals surface area contributed by atoms with Crippen LogP contribution in [0.5, 0.6) is 11.5 Å². The summed E-state index contributed by atoms with van der Waals surface area (Å²) in [5.41, 5.74) is 8.53. The van der Waals surface area contributed by atoms with E-state index >= 15 is 0 Å². The minimum atomic E-state index is -0.659. The molecule has 152 valence electrons. The van der Waals surface area contributed by atoms with Gasteiger partial charge in [0.05, 0.1) is 20.1 Å². The molecule has 4 rings (SSSR count). The van der Waals surface area contributed by atoms with Crippen molar-refractivity contribution in [3.8, 4) is 17.6 Å². The van der Waals surface area contributed by atoms with E-state index in [4.69, 9.17) is 19.9 Å². The van der Waals surface area contributed by atoms with E-state index in [1.165, 1.54) is 0 Å². The van der Waals surface area contributed by atoms with E-state index in [-0.39, 0.29) is 23.2 Å². The fourth-order valence-corrected chi connectivity index (χ4v) is 4.24. The molecule has 0 saturated carbocycles. The average molecular weight is 402 g/mol. The predicted molar refractivity (Wildman–Crippen MR) is 111 cm³/mol. The molecular weight excluding hydrogens is 380 g/mol. The molecule has 0 spiro atoms. The second-order valence-electron chi connectivity index (χ2n) is 7.31. The fourth-order valence-electron chi connectivity index (χ4n) is 4.24. The SMILES string of the molecule is COc1ccc(OC)c([C@H]2C(C#N)=C(N)OC3=C2C(=O)C[C@H](c2ccccc2)C3)c1. The summed E-state index contributed by atoms with van der Waals surface area (Å²) in [6.07, 6.45) is 0.876. The maximum absolute atomic E-state index is 13.3. The van der Waals surface area contributed by atoms with Crippen molar-refractivity contribution in [2.24, 2.45) is 5.73 Å². The van der Waals surface area contributed by atoms with Gasteiger partial charge >= 0.3 is 0 Å². The highest BCUT2D eigenvalue weighted by Crippen LogP contribution is 2.49. The number of allylic oxidation sites excluding steroid dienone is 3. The van der Waals surface area contributed by atoms with Crippen LogP contribution in [0.25, 0.3) is 0 Å².